The summed E-state index contributed by atoms with van der Waals surface area (Å²) in [5, 5.41) is 15.6. The summed E-state index contributed by atoms with van der Waals surface area (Å²) in [5.74, 6) is 0. The zero-order valence-electron chi connectivity index (χ0n) is 20.0. The van der Waals surface area contributed by atoms with Gasteiger partial charge >= 0.3 is 0 Å². The molecule has 8 aromatic carbocycles. The molecule has 37 heavy (non-hydrogen) atoms. The van der Waals surface area contributed by atoms with Crippen LogP contribution in [0, 0.1) is 0 Å². The van der Waals surface area contributed by atoms with E-state index in [1.165, 1.54) is 75.8 Å². The Morgan fingerprint density at radius 3 is 1.43 bits per heavy atom. The molecule has 0 atom stereocenters. The molecular formula is C36H21Br. The fraction of sp³-hybridized carbons (Fsp3) is 0. The van der Waals surface area contributed by atoms with Gasteiger partial charge in [-0.1, -0.05) is 131 Å². The second kappa shape index (κ2) is 7.90. The summed E-state index contributed by atoms with van der Waals surface area (Å²) in [6.45, 7) is 0. The highest BCUT2D eigenvalue weighted by Gasteiger charge is 2.16. The molecular weight excluding hydrogens is 512 g/mol. The van der Waals surface area contributed by atoms with Crippen molar-refractivity contribution in [1.29, 1.82) is 0 Å². The number of hydrogen-bond acceptors (Lipinski definition) is 0. The first kappa shape index (κ1) is 20.9. The maximum Gasteiger partial charge on any atom is 0.0259 e. The van der Waals surface area contributed by atoms with Crippen molar-refractivity contribution in [2.24, 2.45) is 0 Å². The number of halogens is 1. The van der Waals surface area contributed by atoms with Crippen LogP contribution >= 0.6 is 15.9 Å². The molecule has 0 saturated carbocycles. The van der Waals surface area contributed by atoms with E-state index < -0.39 is 0 Å². The van der Waals surface area contributed by atoms with E-state index in [9.17, 15) is 0 Å². The number of hydrogen-bond donors (Lipinski definition) is 0. The van der Waals surface area contributed by atoms with Crippen molar-refractivity contribution in [3.63, 3.8) is 0 Å². The molecule has 0 radical (unpaired) electrons. The summed E-state index contributed by atoms with van der Waals surface area (Å²) < 4.78 is 1.13. The molecule has 0 fully saturated rings. The molecule has 0 nitrogen and oxygen atoms in total. The molecule has 0 aliphatic carbocycles. The van der Waals surface area contributed by atoms with Crippen molar-refractivity contribution >= 4 is 80.6 Å². The van der Waals surface area contributed by atoms with Crippen molar-refractivity contribution in [3.8, 4) is 11.1 Å². The molecule has 8 rings (SSSR count). The van der Waals surface area contributed by atoms with E-state index in [0.717, 1.165) is 4.47 Å². The molecule has 172 valence electrons. The highest BCUT2D eigenvalue weighted by molar-refractivity contribution is 9.10. The summed E-state index contributed by atoms with van der Waals surface area (Å²) in [4.78, 5) is 0. The highest BCUT2D eigenvalue weighted by Crippen LogP contribution is 2.45. The summed E-state index contributed by atoms with van der Waals surface area (Å²) >= 11 is 3.83. The standard InChI is InChI=1S/C36H21Br/c37-33-18-8-10-22-9-7-17-24(34(22)33)23-19-20-28-27-13-3-5-15-30(27)35-29-14-4-1-11-25(29)26-12-2-6-16-31(26)36(35)32(28)21-23/h1-21H. The molecule has 0 amide bonds. The van der Waals surface area contributed by atoms with Gasteiger partial charge in [0.15, 0.2) is 0 Å². The molecule has 0 aliphatic heterocycles. The van der Waals surface area contributed by atoms with Crippen LogP contribution in [-0.4, -0.2) is 0 Å². The Bertz CT molecular complexity index is 2180. The maximum absolute atomic E-state index is 3.83. The Hall–Kier alpha value is -4.20. The van der Waals surface area contributed by atoms with Gasteiger partial charge in [-0.25, -0.2) is 0 Å². The molecule has 0 unspecified atom stereocenters. The SMILES string of the molecule is Brc1cccc2cccc(-c3ccc4c5ccccc5c5c6ccccc6c6ccccc6c5c4c3)c12. The van der Waals surface area contributed by atoms with Crippen LogP contribution in [0.25, 0.3) is 75.8 Å². The average Bonchev–Trinajstić information content (AvgIpc) is 2.96. The molecule has 0 N–H and O–H groups in total. The van der Waals surface area contributed by atoms with Crippen LogP contribution in [0.5, 0.6) is 0 Å². The number of fused-ring (bicyclic) bond motifs is 12. The molecule has 0 bridgehead atoms. The summed E-state index contributed by atoms with van der Waals surface area (Å²) in [6.07, 6.45) is 0. The van der Waals surface area contributed by atoms with Crippen molar-refractivity contribution in [2.45, 2.75) is 0 Å². The fourth-order valence-corrected chi connectivity index (χ4v) is 6.92. The Kier molecular flexibility index (Phi) is 4.47. The minimum Gasteiger partial charge on any atom is -0.0616 e. The maximum atomic E-state index is 3.83. The minimum absolute atomic E-state index is 1.13. The van der Waals surface area contributed by atoms with Gasteiger partial charge in [-0.15, -0.1) is 0 Å². The first-order valence-corrected chi connectivity index (χ1v) is 13.4. The van der Waals surface area contributed by atoms with Crippen LogP contribution in [0.2, 0.25) is 0 Å². The van der Waals surface area contributed by atoms with Crippen LogP contribution in [-0.2, 0) is 0 Å². The zero-order valence-corrected chi connectivity index (χ0v) is 21.6. The van der Waals surface area contributed by atoms with Gasteiger partial charge in [0.1, 0.15) is 0 Å². The zero-order chi connectivity index (χ0) is 24.5. The second-order valence-electron chi connectivity index (χ2n) is 9.79. The summed E-state index contributed by atoms with van der Waals surface area (Å²) in [5.41, 5.74) is 2.48. The summed E-state index contributed by atoms with van der Waals surface area (Å²) in [7, 11) is 0. The molecule has 0 saturated heterocycles. The molecule has 0 aromatic heterocycles. The van der Waals surface area contributed by atoms with E-state index in [1.54, 1.807) is 0 Å². The predicted octanol–water partition coefficient (Wildman–Crippen LogP) is 11.0. The first-order chi connectivity index (χ1) is 18.3. The molecule has 0 aliphatic rings. The lowest BCUT2D eigenvalue weighted by molar-refractivity contribution is 1.67. The van der Waals surface area contributed by atoms with Gasteiger partial charge in [0, 0.05) is 9.86 Å². The molecule has 0 heterocycles. The minimum atomic E-state index is 1.13. The van der Waals surface area contributed by atoms with Gasteiger partial charge < -0.3 is 0 Å². The van der Waals surface area contributed by atoms with E-state index in [2.05, 4.69) is 143 Å². The Balaban J connectivity index is 1.64. The van der Waals surface area contributed by atoms with Crippen molar-refractivity contribution in [2.75, 3.05) is 0 Å². The van der Waals surface area contributed by atoms with E-state index >= 15 is 0 Å². The van der Waals surface area contributed by atoms with E-state index in [1.807, 2.05) is 0 Å². The Morgan fingerprint density at radius 2 is 0.838 bits per heavy atom. The third-order valence-electron chi connectivity index (χ3n) is 7.87. The average molecular weight is 533 g/mol. The van der Waals surface area contributed by atoms with Crippen LogP contribution in [0.1, 0.15) is 0 Å². The lowest BCUT2D eigenvalue weighted by Gasteiger charge is -2.17. The lowest BCUT2D eigenvalue weighted by atomic mass is 9.86. The van der Waals surface area contributed by atoms with Crippen molar-refractivity contribution < 1.29 is 0 Å². The number of benzene rings is 8. The van der Waals surface area contributed by atoms with Gasteiger partial charge in [0.05, 0.1) is 0 Å². The quantitative estimate of drug-likeness (QED) is 0.184. The van der Waals surface area contributed by atoms with Gasteiger partial charge in [-0.3, -0.25) is 0 Å². The van der Waals surface area contributed by atoms with Crippen LogP contribution < -0.4 is 0 Å². The summed E-state index contributed by atoms with van der Waals surface area (Å²) in [6, 6.07) is 46.7. The third kappa shape index (κ3) is 2.95. The van der Waals surface area contributed by atoms with E-state index in [-0.39, 0.29) is 0 Å². The molecule has 0 spiro atoms. The largest absolute Gasteiger partial charge is 0.0616 e. The lowest BCUT2D eigenvalue weighted by Crippen LogP contribution is -1.89. The molecule has 8 aromatic rings. The van der Waals surface area contributed by atoms with Crippen LogP contribution in [0.15, 0.2) is 132 Å². The van der Waals surface area contributed by atoms with Crippen molar-refractivity contribution in [3.05, 3.63) is 132 Å². The first-order valence-electron chi connectivity index (χ1n) is 12.6. The normalized spacial score (nSPS) is 11.9. The third-order valence-corrected chi connectivity index (χ3v) is 8.53. The smallest absolute Gasteiger partial charge is 0.0259 e. The van der Waals surface area contributed by atoms with Crippen LogP contribution in [0.4, 0.5) is 0 Å². The van der Waals surface area contributed by atoms with Crippen LogP contribution in [0.3, 0.4) is 0 Å². The Morgan fingerprint density at radius 1 is 0.351 bits per heavy atom. The predicted molar refractivity (Wildman–Crippen MR) is 165 cm³/mol. The van der Waals surface area contributed by atoms with E-state index in [0.29, 0.717) is 0 Å². The highest BCUT2D eigenvalue weighted by atomic mass is 79.9. The monoisotopic (exact) mass is 532 g/mol. The van der Waals surface area contributed by atoms with Crippen molar-refractivity contribution in [1.82, 2.24) is 0 Å². The van der Waals surface area contributed by atoms with Gasteiger partial charge in [0.2, 0.25) is 0 Å². The topological polar surface area (TPSA) is 0 Å². The molecule has 1 heteroatoms. The fourth-order valence-electron chi connectivity index (χ4n) is 6.33. The Labute approximate surface area is 222 Å². The van der Waals surface area contributed by atoms with Gasteiger partial charge in [0.25, 0.3) is 0 Å². The number of rotatable bonds is 1. The van der Waals surface area contributed by atoms with E-state index in [4.69, 9.17) is 0 Å². The van der Waals surface area contributed by atoms with Gasteiger partial charge in [-0.2, -0.15) is 0 Å². The second-order valence-corrected chi connectivity index (χ2v) is 10.6. The van der Waals surface area contributed by atoms with Gasteiger partial charge in [-0.05, 0) is 82.5 Å².